The molecule has 3 rings (SSSR count). The fourth-order valence-electron chi connectivity index (χ4n) is 2.47. The molecule has 1 aromatic heterocycles. The molecule has 1 heterocycles. The second-order valence-electron chi connectivity index (χ2n) is 5.70. The predicted octanol–water partition coefficient (Wildman–Crippen LogP) is 4.09. The van der Waals surface area contributed by atoms with E-state index in [0.717, 1.165) is 16.3 Å². The number of methoxy groups -OCH3 is 1. The van der Waals surface area contributed by atoms with Gasteiger partial charge in [0.15, 0.2) is 0 Å². The normalized spacial score (nSPS) is 11.6. The number of hydrogen-bond donors (Lipinski definition) is 1. The van der Waals surface area contributed by atoms with Gasteiger partial charge in [0.2, 0.25) is 0 Å². The lowest BCUT2D eigenvalue weighted by molar-refractivity contribution is 0.0600. The molecule has 0 aliphatic rings. The highest BCUT2D eigenvalue weighted by Crippen LogP contribution is 2.25. The largest absolute Gasteiger partial charge is 0.465 e. The van der Waals surface area contributed by atoms with Crippen molar-refractivity contribution in [2.75, 3.05) is 7.11 Å². The van der Waals surface area contributed by atoms with E-state index in [0.29, 0.717) is 11.1 Å². The van der Waals surface area contributed by atoms with Gasteiger partial charge in [0.1, 0.15) is 5.01 Å². The van der Waals surface area contributed by atoms with Crippen LogP contribution in [0, 0.1) is 0 Å². The van der Waals surface area contributed by atoms with E-state index in [9.17, 15) is 9.59 Å². The minimum absolute atomic E-state index is 0.244. The van der Waals surface area contributed by atoms with Crippen molar-refractivity contribution in [3.05, 3.63) is 76.1 Å². The zero-order valence-corrected chi connectivity index (χ0v) is 15.2. The van der Waals surface area contributed by atoms with Crippen LogP contribution >= 0.6 is 11.3 Å². The average molecular weight is 366 g/mol. The number of nitrogens with one attached hydrogen (secondary N) is 1. The van der Waals surface area contributed by atoms with E-state index in [1.165, 1.54) is 24.5 Å². The van der Waals surface area contributed by atoms with Crippen LogP contribution in [-0.2, 0) is 4.74 Å². The molecule has 5 nitrogen and oxygen atoms in total. The molecule has 1 N–H and O–H groups in total. The molecule has 0 radical (unpaired) electrons. The Hall–Kier alpha value is -2.99. The van der Waals surface area contributed by atoms with E-state index in [4.69, 9.17) is 0 Å². The highest BCUT2D eigenvalue weighted by atomic mass is 32.1. The summed E-state index contributed by atoms with van der Waals surface area (Å²) in [6, 6.07) is 16.1. The highest BCUT2D eigenvalue weighted by Gasteiger charge is 2.16. The van der Waals surface area contributed by atoms with Crippen molar-refractivity contribution >= 4 is 23.2 Å². The number of carbonyl (C=O) groups excluding carboxylic acids is 2. The zero-order valence-electron chi connectivity index (χ0n) is 14.4. The number of hydrogen-bond acceptors (Lipinski definition) is 5. The minimum atomic E-state index is -0.472. The second kappa shape index (κ2) is 7.93. The van der Waals surface area contributed by atoms with Gasteiger partial charge in [-0.2, -0.15) is 0 Å². The first-order valence-corrected chi connectivity index (χ1v) is 8.96. The summed E-state index contributed by atoms with van der Waals surface area (Å²) in [5.74, 6) is -0.736. The average Bonchev–Trinajstić information content (AvgIpc) is 3.18. The number of thiazole rings is 1. The van der Waals surface area contributed by atoms with Crippen LogP contribution in [0.25, 0.3) is 11.3 Å². The third-order valence-corrected chi connectivity index (χ3v) is 4.88. The molecule has 2 aromatic carbocycles. The number of ether oxygens (including phenoxy) is 1. The number of esters is 1. The van der Waals surface area contributed by atoms with Crippen LogP contribution in [-0.4, -0.2) is 24.0 Å². The summed E-state index contributed by atoms with van der Waals surface area (Å²) in [6.45, 7) is 1.88. The first kappa shape index (κ1) is 17.8. The molecule has 1 atom stereocenters. The van der Waals surface area contributed by atoms with Crippen LogP contribution < -0.4 is 5.32 Å². The van der Waals surface area contributed by atoms with Crippen molar-refractivity contribution in [2.24, 2.45) is 0 Å². The van der Waals surface area contributed by atoms with Gasteiger partial charge in [-0.25, -0.2) is 9.78 Å². The minimum Gasteiger partial charge on any atom is -0.465 e. The van der Waals surface area contributed by atoms with Crippen molar-refractivity contribution in [1.82, 2.24) is 10.3 Å². The number of carbonyl (C=O) groups is 2. The molecular weight excluding hydrogens is 348 g/mol. The molecule has 26 heavy (non-hydrogen) atoms. The lowest BCUT2D eigenvalue weighted by atomic mass is 10.1. The fourth-order valence-corrected chi connectivity index (χ4v) is 3.31. The highest BCUT2D eigenvalue weighted by molar-refractivity contribution is 7.10. The number of aromatic nitrogens is 1. The smallest absolute Gasteiger partial charge is 0.337 e. The Morgan fingerprint density at radius 3 is 2.54 bits per heavy atom. The van der Waals surface area contributed by atoms with Crippen LogP contribution in [0.3, 0.4) is 0 Å². The maximum atomic E-state index is 12.5. The van der Waals surface area contributed by atoms with Crippen molar-refractivity contribution in [3.8, 4) is 11.3 Å². The Morgan fingerprint density at radius 1 is 1.08 bits per heavy atom. The van der Waals surface area contributed by atoms with Gasteiger partial charge >= 0.3 is 5.97 Å². The molecule has 0 bridgehead atoms. The Balaban J connectivity index is 1.72. The Morgan fingerprint density at radius 2 is 1.81 bits per heavy atom. The molecule has 0 saturated heterocycles. The summed E-state index contributed by atoms with van der Waals surface area (Å²) < 4.78 is 4.69. The molecule has 0 aliphatic carbocycles. The molecule has 0 aliphatic heterocycles. The van der Waals surface area contributed by atoms with Crippen LogP contribution in [0.1, 0.15) is 38.7 Å². The van der Waals surface area contributed by atoms with Gasteiger partial charge in [-0.1, -0.05) is 36.4 Å². The van der Waals surface area contributed by atoms with Crippen LogP contribution in [0.5, 0.6) is 0 Å². The van der Waals surface area contributed by atoms with Gasteiger partial charge in [-0.15, -0.1) is 11.3 Å². The van der Waals surface area contributed by atoms with Crippen molar-refractivity contribution in [1.29, 1.82) is 0 Å². The Bertz CT molecular complexity index is 922. The molecule has 0 saturated carbocycles. The summed E-state index contributed by atoms with van der Waals surface area (Å²) in [5, 5.41) is 5.72. The van der Waals surface area contributed by atoms with E-state index < -0.39 is 5.97 Å². The summed E-state index contributed by atoms with van der Waals surface area (Å²) in [5.41, 5.74) is 2.67. The first-order valence-electron chi connectivity index (χ1n) is 8.08. The SMILES string of the molecule is COC(=O)c1cccc(C(=O)NC(C)c2nc(-c3ccccc3)cs2)c1. The fraction of sp³-hybridized carbons (Fsp3) is 0.150. The van der Waals surface area contributed by atoms with Gasteiger partial charge in [0.25, 0.3) is 5.91 Å². The summed E-state index contributed by atoms with van der Waals surface area (Å²) >= 11 is 1.50. The third-order valence-electron chi connectivity index (χ3n) is 3.86. The van der Waals surface area contributed by atoms with E-state index in [1.54, 1.807) is 18.2 Å². The lowest BCUT2D eigenvalue weighted by Crippen LogP contribution is -2.26. The maximum absolute atomic E-state index is 12.5. The number of amides is 1. The van der Waals surface area contributed by atoms with Gasteiger partial charge in [0.05, 0.1) is 24.4 Å². The topological polar surface area (TPSA) is 68.3 Å². The molecule has 1 unspecified atom stereocenters. The zero-order chi connectivity index (χ0) is 18.5. The third kappa shape index (κ3) is 3.97. The van der Waals surface area contributed by atoms with E-state index in [-0.39, 0.29) is 11.9 Å². The van der Waals surface area contributed by atoms with Gasteiger partial charge in [-0.05, 0) is 25.1 Å². The van der Waals surface area contributed by atoms with Crippen LogP contribution in [0.4, 0.5) is 0 Å². The quantitative estimate of drug-likeness (QED) is 0.691. The molecule has 3 aromatic rings. The van der Waals surface area contributed by atoms with Gasteiger partial charge < -0.3 is 10.1 Å². The van der Waals surface area contributed by atoms with Gasteiger partial charge in [-0.3, -0.25) is 4.79 Å². The van der Waals surface area contributed by atoms with E-state index in [2.05, 4.69) is 15.0 Å². The molecular formula is C20H18N2O3S. The predicted molar refractivity (Wildman–Crippen MR) is 101 cm³/mol. The maximum Gasteiger partial charge on any atom is 0.337 e. The summed E-state index contributed by atoms with van der Waals surface area (Å²) in [4.78, 5) is 28.7. The summed E-state index contributed by atoms with van der Waals surface area (Å²) in [6.07, 6.45) is 0. The monoisotopic (exact) mass is 366 g/mol. The Labute approximate surface area is 155 Å². The van der Waals surface area contributed by atoms with Crippen molar-refractivity contribution < 1.29 is 14.3 Å². The van der Waals surface area contributed by atoms with Crippen molar-refractivity contribution in [3.63, 3.8) is 0 Å². The first-order chi connectivity index (χ1) is 12.6. The molecule has 1 amide bonds. The Kier molecular flexibility index (Phi) is 5.43. The molecule has 0 spiro atoms. The molecule has 6 heteroatoms. The lowest BCUT2D eigenvalue weighted by Gasteiger charge is -2.11. The summed E-state index contributed by atoms with van der Waals surface area (Å²) in [7, 11) is 1.31. The van der Waals surface area contributed by atoms with E-state index >= 15 is 0 Å². The van der Waals surface area contributed by atoms with Crippen LogP contribution in [0.2, 0.25) is 0 Å². The number of benzene rings is 2. The van der Waals surface area contributed by atoms with E-state index in [1.807, 2.05) is 42.6 Å². The number of rotatable bonds is 5. The molecule has 0 fully saturated rings. The van der Waals surface area contributed by atoms with Gasteiger partial charge in [0, 0.05) is 16.5 Å². The standard InChI is InChI=1S/C20H18N2O3S/c1-13(19-22-17(12-26-19)14-7-4-3-5-8-14)21-18(23)15-9-6-10-16(11-15)20(24)25-2/h3-13H,1-2H3,(H,21,23). The second-order valence-corrected chi connectivity index (χ2v) is 6.59. The van der Waals surface area contributed by atoms with Crippen molar-refractivity contribution in [2.45, 2.75) is 13.0 Å². The number of nitrogens with zero attached hydrogens (tertiary/aromatic N) is 1. The van der Waals surface area contributed by atoms with Crippen LogP contribution in [0.15, 0.2) is 60.0 Å². The molecule has 132 valence electrons.